The molecule has 3 heteroatoms. The van der Waals surface area contributed by atoms with Crippen molar-refractivity contribution in [1.29, 1.82) is 0 Å². The van der Waals surface area contributed by atoms with E-state index in [-0.39, 0.29) is 3.98 Å². The van der Waals surface area contributed by atoms with Gasteiger partial charge in [0.2, 0.25) is 0 Å². The summed E-state index contributed by atoms with van der Waals surface area (Å²) in [5, 5.41) is 0. The molecule has 2 nitrogen and oxygen atoms in total. The van der Waals surface area contributed by atoms with E-state index in [1.165, 1.54) is 0 Å². The maximum absolute atomic E-state index is 10.2. The van der Waals surface area contributed by atoms with Gasteiger partial charge in [0.05, 0.1) is 29.2 Å². The number of carbonyl (C=O) groups excluding carboxylic acids is 1. The van der Waals surface area contributed by atoms with Crippen molar-refractivity contribution in [3.8, 4) is 0 Å². The van der Waals surface area contributed by atoms with Gasteiger partial charge in [0, 0.05) is 0 Å². The molecule has 0 aromatic carbocycles. The van der Waals surface area contributed by atoms with Gasteiger partial charge in [0.1, 0.15) is 0 Å². The lowest BCUT2D eigenvalue weighted by Crippen LogP contribution is -2.05. The van der Waals surface area contributed by atoms with Gasteiger partial charge in [0.25, 0.3) is 0 Å². The van der Waals surface area contributed by atoms with Crippen molar-refractivity contribution in [3.63, 3.8) is 0 Å². The second-order valence-electron chi connectivity index (χ2n) is 2.06. The first-order valence-electron chi connectivity index (χ1n) is 2.99. The fourth-order valence-corrected chi connectivity index (χ4v) is 0.505. The number of rotatable bonds is 3. The van der Waals surface area contributed by atoms with E-state index in [1.54, 1.807) is 22.6 Å². The van der Waals surface area contributed by atoms with Crippen molar-refractivity contribution in [2.75, 3.05) is 6.61 Å². The van der Waals surface area contributed by atoms with Crippen molar-refractivity contribution in [3.05, 3.63) is 0 Å². The minimum absolute atomic E-state index is 0.215. The monoisotopic (exact) mass is 242 g/mol. The molecule has 0 amide bonds. The van der Waals surface area contributed by atoms with Crippen LogP contribution in [0.5, 0.6) is 0 Å². The Morgan fingerprint density at radius 1 is 1.78 bits per heavy atom. The van der Waals surface area contributed by atoms with Crippen LogP contribution in [0.1, 0.15) is 20.3 Å². The number of hydrogen-bond donors (Lipinski definition) is 0. The highest BCUT2D eigenvalue weighted by Crippen LogP contribution is 2.02. The Bertz CT molecular complexity index is 93.1. The summed E-state index contributed by atoms with van der Waals surface area (Å²) in [6.07, 6.45) is 1.06. The average molecular weight is 242 g/mol. The van der Waals surface area contributed by atoms with Crippen molar-refractivity contribution in [1.82, 2.24) is 0 Å². The first kappa shape index (κ1) is 9.20. The van der Waals surface area contributed by atoms with Gasteiger partial charge in [-0.25, -0.2) is 4.79 Å². The van der Waals surface area contributed by atoms with Crippen LogP contribution in [-0.4, -0.2) is 10.6 Å². The summed E-state index contributed by atoms with van der Waals surface area (Å²) < 4.78 is 4.53. The van der Waals surface area contributed by atoms with Crippen LogP contribution in [0.15, 0.2) is 0 Å². The molecule has 0 fully saturated rings. The largest absolute Gasteiger partial charge is 0.458 e. The minimum Gasteiger partial charge on any atom is -0.458 e. The van der Waals surface area contributed by atoms with Gasteiger partial charge in [-0.3, -0.25) is 0 Å². The van der Waals surface area contributed by atoms with E-state index in [9.17, 15) is 4.79 Å². The molecule has 1 unspecified atom stereocenters. The molecule has 0 aromatic rings. The maximum Gasteiger partial charge on any atom is 0.367 e. The Hall–Kier alpha value is 0.200. The van der Waals surface area contributed by atoms with Gasteiger partial charge in [-0.15, -0.1) is 0 Å². The molecule has 1 atom stereocenters. The summed E-state index contributed by atoms with van der Waals surface area (Å²) in [4.78, 5) is 10.2. The van der Waals surface area contributed by atoms with Gasteiger partial charge in [-0.2, -0.15) is 0 Å². The molecular formula is C6H11IO2. The Balaban J connectivity index is 3.16. The standard InChI is InChI=1S/C6H11IO2/c1-3-5(2)4-9-6(7)8/h5H,3-4H2,1-2H3. The fourth-order valence-electron chi connectivity index (χ4n) is 0.326. The van der Waals surface area contributed by atoms with Crippen LogP contribution < -0.4 is 0 Å². The Morgan fingerprint density at radius 2 is 2.33 bits per heavy atom. The fraction of sp³-hybridized carbons (Fsp3) is 0.833. The smallest absolute Gasteiger partial charge is 0.367 e. The highest BCUT2D eigenvalue weighted by atomic mass is 127. The van der Waals surface area contributed by atoms with Crippen LogP contribution in [0.3, 0.4) is 0 Å². The zero-order valence-electron chi connectivity index (χ0n) is 5.69. The van der Waals surface area contributed by atoms with Crippen LogP contribution >= 0.6 is 22.6 Å². The number of hydrogen-bond acceptors (Lipinski definition) is 2. The molecule has 0 aromatic heterocycles. The van der Waals surface area contributed by atoms with E-state index < -0.39 is 0 Å². The number of ether oxygens (including phenoxy) is 1. The molecule has 0 rings (SSSR count). The zero-order chi connectivity index (χ0) is 7.28. The molecule has 9 heavy (non-hydrogen) atoms. The van der Waals surface area contributed by atoms with Crippen molar-refractivity contribution < 1.29 is 9.53 Å². The van der Waals surface area contributed by atoms with Crippen molar-refractivity contribution >= 4 is 26.6 Å². The lowest BCUT2D eigenvalue weighted by atomic mass is 10.1. The topological polar surface area (TPSA) is 26.3 Å². The highest BCUT2D eigenvalue weighted by molar-refractivity contribution is 14.1. The number of carbonyl (C=O) groups is 1. The first-order valence-corrected chi connectivity index (χ1v) is 4.07. The summed E-state index contributed by atoms with van der Waals surface area (Å²) in [6, 6.07) is 0. The quantitative estimate of drug-likeness (QED) is 0.561. The van der Waals surface area contributed by atoms with Crippen LogP contribution in [0.25, 0.3) is 0 Å². The molecule has 54 valence electrons. The lowest BCUT2D eigenvalue weighted by molar-refractivity contribution is 0.159. The Labute approximate surface area is 69.1 Å². The Morgan fingerprint density at radius 3 is 2.67 bits per heavy atom. The average Bonchev–Trinajstić information content (AvgIpc) is 1.83. The normalized spacial score (nSPS) is 12.8. The summed E-state index contributed by atoms with van der Waals surface area (Å²) in [5.74, 6) is 0.490. The molecule has 0 heterocycles. The van der Waals surface area contributed by atoms with E-state index in [0.717, 1.165) is 6.42 Å². The van der Waals surface area contributed by atoms with Gasteiger partial charge in [-0.1, -0.05) is 20.3 Å². The SMILES string of the molecule is CCC(C)COC(=O)I. The summed E-state index contributed by atoms with van der Waals surface area (Å²) in [5.41, 5.74) is 0. The van der Waals surface area contributed by atoms with E-state index in [2.05, 4.69) is 13.8 Å². The molecule has 0 saturated carbocycles. The van der Waals surface area contributed by atoms with E-state index >= 15 is 0 Å². The Kier molecular flexibility index (Phi) is 5.13. The molecule has 0 N–H and O–H groups in total. The molecule has 0 aliphatic heterocycles. The van der Waals surface area contributed by atoms with Crippen LogP contribution in [0.4, 0.5) is 4.79 Å². The van der Waals surface area contributed by atoms with Gasteiger partial charge < -0.3 is 4.74 Å². The van der Waals surface area contributed by atoms with Gasteiger partial charge >= 0.3 is 3.98 Å². The van der Waals surface area contributed by atoms with Crippen molar-refractivity contribution in [2.45, 2.75) is 20.3 Å². The zero-order valence-corrected chi connectivity index (χ0v) is 7.84. The molecule has 0 spiro atoms. The molecular weight excluding hydrogens is 231 g/mol. The maximum atomic E-state index is 10.2. The van der Waals surface area contributed by atoms with Crippen LogP contribution in [-0.2, 0) is 4.74 Å². The second-order valence-corrected chi connectivity index (χ2v) is 2.94. The number of halogens is 1. The second kappa shape index (κ2) is 5.02. The lowest BCUT2D eigenvalue weighted by Gasteiger charge is -2.05. The minimum atomic E-state index is -0.215. The van der Waals surface area contributed by atoms with Crippen molar-refractivity contribution in [2.24, 2.45) is 5.92 Å². The van der Waals surface area contributed by atoms with E-state index in [4.69, 9.17) is 4.74 Å². The predicted octanol–water partition coefficient (Wildman–Crippen LogP) is 2.60. The summed E-state index contributed by atoms with van der Waals surface area (Å²) >= 11 is 1.63. The molecule has 0 bridgehead atoms. The highest BCUT2D eigenvalue weighted by Gasteiger charge is 2.00. The third-order valence-electron chi connectivity index (χ3n) is 1.18. The summed E-state index contributed by atoms with van der Waals surface area (Å²) in [7, 11) is 0. The van der Waals surface area contributed by atoms with Gasteiger partial charge in [0.15, 0.2) is 0 Å². The predicted molar refractivity (Wildman–Crippen MR) is 44.8 cm³/mol. The van der Waals surface area contributed by atoms with Gasteiger partial charge in [-0.05, 0) is 5.92 Å². The van der Waals surface area contributed by atoms with E-state index in [0.29, 0.717) is 12.5 Å². The van der Waals surface area contributed by atoms with Crippen LogP contribution in [0.2, 0.25) is 0 Å². The molecule has 0 aliphatic rings. The third-order valence-corrected chi connectivity index (χ3v) is 1.49. The molecule has 0 saturated heterocycles. The first-order chi connectivity index (χ1) is 4.16. The van der Waals surface area contributed by atoms with E-state index in [1.807, 2.05) is 0 Å². The third kappa shape index (κ3) is 6.08. The molecule has 0 radical (unpaired) electrons. The van der Waals surface area contributed by atoms with Crippen LogP contribution in [0, 0.1) is 5.92 Å². The summed E-state index contributed by atoms with van der Waals surface area (Å²) in [6.45, 7) is 4.68. The molecule has 0 aliphatic carbocycles.